The van der Waals surface area contributed by atoms with Gasteiger partial charge in [0.2, 0.25) is 0 Å². The van der Waals surface area contributed by atoms with Crippen molar-refractivity contribution in [3.63, 3.8) is 0 Å². The van der Waals surface area contributed by atoms with E-state index in [4.69, 9.17) is 4.74 Å². The summed E-state index contributed by atoms with van der Waals surface area (Å²) in [6.07, 6.45) is 1.45. The number of aliphatic hydroxyl groups is 1. The summed E-state index contributed by atoms with van der Waals surface area (Å²) >= 11 is 2.14. The number of aliphatic hydroxyl groups excluding tert-OH is 1. The van der Waals surface area contributed by atoms with Gasteiger partial charge in [-0.3, -0.25) is 4.68 Å². The van der Waals surface area contributed by atoms with Gasteiger partial charge in [0, 0.05) is 6.20 Å². The van der Waals surface area contributed by atoms with E-state index in [9.17, 15) is 5.11 Å². The van der Waals surface area contributed by atoms with E-state index in [0.717, 1.165) is 3.70 Å². The summed E-state index contributed by atoms with van der Waals surface area (Å²) in [7, 11) is 0. The molecule has 1 aliphatic rings. The van der Waals surface area contributed by atoms with E-state index in [0.29, 0.717) is 13.2 Å². The molecule has 1 aliphatic heterocycles. The Kier molecular flexibility index (Phi) is 2.33. The van der Waals surface area contributed by atoms with Crippen LogP contribution in [0.5, 0.6) is 0 Å². The van der Waals surface area contributed by atoms with Crippen LogP contribution >= 0.6 is 22.6 Å². The van der Waals surface area contributed by atoms with Gasteiger partial charge < -0.3 is 9.84 Å². The Hall–Kier alpha value is -0.140. The first kappa shape index (κ1) is 8.46. The SMILES string of the molecule is O[C@@H]1COCC1n1ccc(I)n1. The van der Waals surface area contributed by atoms with Crippen molar-refractivity contribution >= 4 is 22.6 Å². The molecule has 0 radical (unpaired) electrons. The summed E-state index contributed by atoms with van der Waals surface area (Å²) in [6, 6.07) is 1.90. The third-order valence-electron chi connectivity index (χ3n) is 1.94. The minimum atomic E-state index is -0.416. The first-order valence-corrected chi connectivity index (χ1v) is 4.82. The molecule has 1 aromatic rings. The van der Waals surface area contributed by atoms with Crippen LogP contribution in [0.1, 0.15) is 6.04 Å². The number of nitrogens with zero attached hydrogens (tertiary/aromatic N) is 2. The highest BCUT2D eigenvalue weighted by Gasteiger charge is 2.28. The van der Waals surface area contributed by atoms with Crippen LogP contribution in [0.15, 0.2) is 12.3 Å². The van der Waals surface area contributed by atoms with Gasteiger partial charge in [-0.05, 0) is 28.7 Å². The zero-order valence-corrected chi connectivity index (χ0v) is 8.51. The Morgan fingerprint density at radius 1 is 1.67 bits per heavy atom. The molecule has 1 aromatic heterocycles. The largest absolute Gasteiger partial charge is 0.388 e. The summed E-state index contributed by atoms with van der Waals surface area (Å²) in [6.45, 7) is 0.972. The smallest absolute Gasteiger partial charge is 0.123 e. The van der Waals surface area contributed by atoms with Crippen molar-refractivity contribution in [3.8, 4) is 0 Å². The van der Waals surface area contributed by atoms with Crippen molar-refractivity contribution in [2.24, 2.45) is 0 Å². The highest BCUT2D eigenvalue weighted by Crippen LogP contribution is 2.18. The van der Waals surface area contributed by atoms with E-state index in [1.54, 1.807) is 4.68 Å². The van der Waals surface area contributed by atoms with Crippen molar-refractivity contribution in [1.29, 1.82) is 0 Å². The molecule has 0 spiro atoms. The summed E-state index contributed by atoms with van der Waals surface area (Å²) in [5.41, 5.74) is 0. The highest BCUT2D eigenvalue weighted by atomic mass is 127. The van der Waals surface area contributed by atoms with Crippen molar-refractivity contribution in [2.45, 2.75) is 12.1 Å². The molecule has 0 aliphatic carbocycles. The van der Waals surface area contributed by atoms with E-state index in [2.05, 4.69) is 27.7 Å². The van der Waals surface area contributed by atoms with Gasteiger partial charge in [0.15, 0.2) is 0 Å². The molecule has 1 N–H and O–H groups in total. The quantitative estimate of drug-likeness (QED) is 0.758. The minimum absolute atomic E-state index is 0.00600. The molecule has 0 saturated carbocycles. The van der Waals surface area contributed by atoms with Crippen LogP contribution in [0.3, 0.4) is 0 Å². The third-order valence-corrected chi connectivity index (χ3v) is 2.51. The second-order valence-electron chi connectivity index (χ2n) is 2.79. The number of aromatic nitrogens is 2. The molecule has 66 valence electrons. The Balaban J connectivity index is 2.19. The molecule has 12 heavy (non-hydrogen) atoms. The van der Waals surface area contributed by atoms with E-state index in [1.165, 1.54) is 0 Å². The van der Waals surface area contributed by atoms with Gasteiger partial charge in [-0.25, -0.2) is 0 Å². The van der Waals surface area contributed by atoms with Crippen molar-refractivity contribution in [3.05, 3.63) is 16.0 Å². The summed E-state index contributed by atoms with van der Waals surface area (Å²) < 4.78 is 7.82. The van der Waals surface area contributed by atoms with Crippen molar-refractivity contribution < 1.29 is 9.84 Å². The molecule has 2 atom stereocenters. The molecule has 1 saturated heterocycles. The van der Waals surface area contributed by atoms with E-state index in [1.807, 2.05) is 12.3 Å². The maximum atomic E-state index is 9.46. The Morgan fingerprint density at radius 2 is 2.50 bits per heavy atom. The van der Waals surface area contributed by atoms with Gasteiger partial charge in [0.1, 0.15) is 15.8 Å². The first-order chi connectivity index (χ1) is 5.77. The maximum Gasteiger partial charge on any atom is 0.123 e. The minimum Gasteiger partial charge on any atom is -0.388 e. The molecule has 0 bridgehead atoms. The Labute approximate surface area is 83.7 Å². The summed E-state index contributed by atoms with van der Waals surface area (Å²) in [4.78, 5) is 0. The van der Waals surface area contributed by atoms with Crippen LogP contribution in [0.25, 0.3) is 0 Å². The maximum absolute atomic E-state index is 9.46. The van der Waals surface area contributed by atoms with E-state index >= 15 is 0 Å². The summed E-state index contributed by atoms with van der Waals surface area (Å²) in [5, 5.41) is 13.7. The lowest BCUT2D eigenvalue weighted by Crippen LogP contribution is -2.22. The monoisotopic (exact) mass is 280 g/mol. The highest BCUT2D eigenvalue weighted by molar-refractivity contribution is 14.1. The Bertz CT molecular complexity index is 276. The summed E-state index contributed by atoms with van der Waals surface area (Å²) in [5.74, 6) is 0. The molecule has 2 rings (SSSR count). The van der Waals surface area contributed by atoms with E-state index < -0.39 is 6.10 Å². The number of ether oxygens (including phenoxy) is 1. The van der Waals surface area contributed by atoms with Crippen molar-refractivity contribution in [2.75, 3.05) is 13.2 Å². The van der Waals surface area contributed by atoms with Crippen LogP contribution < -0.4 is 0 Å². The second-order valence-corrected chi connectivity index (χ2v) is 3.90. The van der Waals surface area contributed by atoms with Crippen LogP contribution in [0.4, 0.5) is 0 Å². The fourth-order valence-corrected chi connectivity index (χ4v) is 1.69. The van der Waals surface area contributed by atoms with Gasteiger partial charge in [-0.2, -0.15) is 5.10 Å². The lowest BCUT2D eigenvalue weighted by molar-refractivity contribution is 0.118. The third kappa shape index (κ3) is 1.48. The molecule has 1 unspecified atom stereocenters. The topological polar surface area (TPSA) is 47.3 Å². The van der Waals surface area contributed by atoms with E-state index in [-0.39, 0.29) is 6.04 Å². The van der Waals surface area contributed by atoms with Gasteiger partial charge in [-0.1, -0.05) is 0 Å². The number of hydrogen-bond acceptors (Lipinski definition) is 3. The van der Waals surface area contributed by atoms with Gasteiger partial charge in [0.25, 0.3) is 0 Å². The fraction of sp³-hybridized carbons (Fsp3) is 0.571. The lowest BCUT2D eigenvalue weighted by Gasteiger charge is -2.11. The molecule has 0 aromatic carbocycles. The lowest BCUT2D eigenvalue weighted by atomic mass is 10.2. The Morgan fingerprint density at radius 3 is 3.00 bits per heavy atom. The molecular formula is C7H9IN2O2. The zero-order chi connectivity index (χ0) is 8.55. The zero-order valence-electron chi connectivity index (χ0n) is 6.35. The average Bonchev–Trinajstić information content (AvgIpc) is 2.58. The van der Waals surface area contributed by atoms with Gasteiger partial charge >= 0.3 is 0 Å². The van der Waals surface area contributed by atoms with Crippen molar-refractivity contribution in [1.82, 2.24) is 9.78 Å². The average molecular weight is 280 g/mol. The number of halogens is 1. The molecular weight excluding hydrogens is 271 g/mol. The normalized spacial score (nSPS) is 29.5. The van der Waals surface area contributed by atoms with Crippen LogP contribution in [0, 0.1) is 3.70 Å². The molecule has 0 amide bonds. The standard InChI is InChI=1S/C7H9IN2O2/c8-7-1-2-10(9-7)5-3-12-4-6(5)11/h1-2,5-6,11H,3-4H2/t5?,6-/m1/s1. The second kappa shape index (κ2) is 3.31. The predicted octanol–water partition coefficient (Wildman–Crippen LogP) is 0.420. The van der Waals surface area contributed by atoms with Crippen LogP contribution in [-0.4, -0.2) is 34.2 Å². The molecule has 1 fully saturated rings. The molecule has 4 nitrogen and oxygen atoms in total. The fourth-order valence-electron chi connectivity index (χ4n) is 1.28. The molecule has 5 heteroatoms. The van der Waals surface area contributed by atoms with Gasteiger partial charge in [-0.15, -0.1) is 0 Å². The van der Waals surface area contributed by atoms with Gasteiger partial charge in [0.05, 0.1) is 13.2 Å². The van der Waals surface area contributed by atoms with Crippen LogP contribution in [-0.2, 0) is 4.74 Å². The van der Waals surface area contributed by atoms with Crippen LogP contribution in [0.2, 0.25) is 0 Å². The first-order valence-electron chi connectivity index (χ1n) is 3.74. The number of hydrogen-bond donors (Lipinski definition) is 1. The molecule has 2 heterocycles. The number of rotatable bonds is 1. The predicted molar refractivity (Wildman–Crippen MR) is 50.8 cm³/mol.